The summed E-state index contributed by atoms with van der Waals surface area (Å²) >= 11 is 0. The maximum Gasteiger partial charge on any atom is 0.251 e. The van der Waals surface area contributed by atoms with Crippen molar-refractivity contribution in [3.05, 3.63) is 0 Å². The first kappa shape index (κ1) is 9.39. The Morgan fingerprint density at radius 2 is 2.20 bits per heavy atom. The fourth-order valence-corrected chi connectivity index (χ4v) is 0.489. The second kappa shape index (κ2) is 4.24. The van der Waals surface area contributed by atoms with Gasteiger partial charge in [0, 0.05) is 14.1 Å². The van der Waals surface area contributed by atoms with Crippen LogP contribution in [0.15, 0.2) is 0 Å². The van der Waals surface area contributed by atoms with Gasteiger partial charge in [-0.15, -0.1) is 0 Å². The van der Waals surface area contributed by atoms with E-state index in [1.165, 1.54) is 0 Å². The van der Waals surface area contributed by atoms with Crippen molar-refractivity contribution in [1.82, 2.24) is 10.4 Å². The third-order valence-corrected chi connectivity index (χ3v) is 1.11. The highest BCUT2D eigenvalue weighted by atomic mass is 16.2. The van der Waals surface area contributed by atoms with E-state index >= 15 is 0 Å². The van der Waals surface area contributed by atoms with Gasteiger partial charge in [0.25, 0.3) is 5.91 Å². The minimum absolute atomic E-state index is 0.132. The largest absolute Gasteiger partial charge is 0.320 e. The Morgan fingerprint density at radius 1 is 1.70 bits per heavy atom. The van der Waals surface area contributed by atoms with Crippen LogP contribution in [0.4, 0.5) is 0 Å². The number of nitrogens with zero attached hydrogens (tertiary/aromatic N) is 1. The maximum absolute atomic E-state index is 10.9. The third kappa shape index (κ3) is 3.42. The average molecular weight is 145 g/mol. The molecule has 0 aliphatic carbocycles. The minimum Gasteiger partial charge on any atom is -0.320 e. The van der Waals surface area contributed by atoms with Crippen molar-refractivity contribution >= 4 is 5.91 Å². The molecule has 0 unspecified atom stereocenters. The lowest BCUT2D eigenvalue weighted by Crippen LogP contribution is -2.46. The molecule has 0 fully saturated rings. The molecule has 0 saturated heterocycles. The van der Waals surface area contributed by atoms with Crippen LogP contribution in [0.25, 0.3) is 0 Å². The summed E-state index contributed by atoms with van der Waals surface area (Å²) in [6, 6.07) is -0.387. The normalized spacial score (nSPS) is 13.3. The van der Waals surface area contributed by atoms with Crippen LogP contribution in [0.5, 0.6) is 0 Å². The molecule has 0 aliphatic rings. The van der Waals surface area contributed by atoms with Gasteiger partial charge in [0.15, 0.2) is 0 Å². The molecule has 0 radical (unpaired) electrons. The van der Waals surface area contributed by atoms with Crippen molar-refractivity contribution in [2.45, 2.75) is 19.4 Å². The summed E-state index contributed by atoms with van der Waals surface area (Å²) in [5, 5.41) is 1.58. The Kier molecular flexibility index (Phi) is 3.99. The number of nitrogens with two attached hydrogens (primary N) is 1. The van der Waals surface area contributed by atoms with Gasteiger partial charge in [-0.05, 0) is 6.42 Å². The zero-order valence-electron chi connectivity index (χ0n) is 6.72. The van der Waals surface area contributed by atoms with Crippen molar-refractivity contribution in [2.24, 2.45) is 5.73 Å². The second-order valence-electron chi connectivity index (χ2n) is 2.39. The van der Waals surface area contributed by atoms with Crippen LogP contribution in [0.1, 0.15) is 13.3 Å². The van der Waals surface area contributed by atoms with E-state index in [9.17, 15) is 4.79 Å². The number of rotatable bonds is 3. The molecule has 4 nitrogen and oxygen atoms in total. The van der Waals surface area contributed by atoms with E-state index in [1.54, 1.807) is 19.1 Å². The quantitative estimate of drug-likeness (QED) is 0.517. The number of hydrogen-bond acceptors (Lipinski definition) is 3. The molecule has 1 amide bonds. The van der Waals surface area contributed by atoms with Gasteiger partial charge in [0.2, 0.25) is 0 Å². The fourth-order valence-electron chi connectivity index (χ4n) is 0.489. The van der Waals surface area contributed by atoms with Gasteiger partial charge in [-0.2, -0.15) is 0 Å². The zero-order valence-corrected chi connectivity index (χ0v) is 6.72. The summed E-state index contributed by atoms with van der Waals surface area (Å²) in [7, 11) is 3.50. The molecule has 60 valence electrons. The van der Waals surface area contributed by atoms with Crippen LogP contribution in [0.3, 0.4) is 0 Å². The summed E-state index contributed by atoms with van der Waals surface area (Å²) < 4.78 is 0. The van der Waals surface area contributed by atoms with Crippen LogP contribution >= 0.6 is 0 Å². The predicted molar refractivity (Wildman–Crippen MR) is 40.1 cm³/mol. The van der Waals surface area contributed by atoms with E-state index < -0.39 is 0 Å². The van der Waals surface area contributed by atoms with Gasteiger partial charge in [0.1, 0.15) is 0 Å². The molecule has 0 saturated carbocycles. The molecule has 0 heterocycles. The number of nitrogens with one attached hydrogen (secondary N) is 1. The van der Waals surface area contributed by atoms with Crippen LogP contribution in [-0.4, -0.2) is 31.1 Å². The van der Waals surface area contributed by atoms with Crippen molar-refractivity contribution in [2.75, 3.05) is 14.1 Å². The first-order valence-electron chi connectivity index (χ1n) is 3.31. The number of hydrazine groups is 1. The van der Waals surface area contributed by atoms with Crippen molar-refractivity contribution in [3.63, 3.8) is 0 Å². The highest BCUT2D eigenvalue weighted by Crippen LogP contribution is 1.84. The fraction of sp³-hybridized carbons (Fsp3) is 0.833. The van der Waals surface area contributed by atoms with Crippen LogP contribution in [0, 0.1) is 0 Å². The average Bonchev–Trinajstić information content (AvgIpc) is 1.85. The number of hydrogen-bond donors (Lipinski definition) is 2. The van der Waals surface area contributed by atoms with Gasteiger partial charge < -0.3 is 5.73 Å². The lowest BCUT2D eigenvalue weighted by molar-refractivity contribution is -0.126. The summed E-state index contributed by atoms with van der Waals surface area (Å²) in [4.78, 5) is 10.9. The van der Waals surface area contributed by atoms with Gasteiger partial charge in [-0.1, -0.05) is 6.92 Å². The molecule has 0 aromatic carbocycles. The topological polar surface area (TPSA) is 58.4 Å². The number of carbonyl (C=O) groups excluding carboxylic acids is 1. The summed E-state index contributed by atoms with van der Waals surface area (Å²) in [6.45, 7) is 1.87. The summed E-state index contributed by atoms with van der Waals surface area (Å²) in [6.07, 6.45) is 0.666. The maximum atomic E-state index is 10.9. The Hall–Kier alpha value is -0.610. The van der Waals surface area contributed by atoms with Crippen molar-refractivity contribution < 1.29 is 4.79 Å². The lowest BCUT2D eigenvalue weighted by atomic mass is 10.2. The van der Waals surface area contributed by atoms with Crippen molar-refractivity contribution in [3.8, 4) is 0 Å². The molecule has 1 atom stereocenters. The molecular formula is C6H15N3O. The SMILES string of the molecule is CC[C@H](N)C(=O)NN(C)C. The number of amides is 1. The molecule has 0 bridgehead atoms. The molecule has 4 heteroatoms. The van der Waals surface area contributed by atoms with Gasteiger partial charge in [-0.25, -0.2) is 5.01 Å². The van der Waals surface area contributed by atoms with Gasteiger partial charge >= 0.3 is 0 Å². The van der Waals surface area contributed by atoms with Gasteiger partial charge in [-0.3, -0.25) is 10.2 Å². The Labute approximate surface area is 61.3 Å². The minimum atomic E-state index is -0.387. The molecule has 3 N–H and O–H groups in total. The van der Waals surface area contributed by atoms with Crippen LogP contribution in [-0.2, 0) is 4.79 Å². The Bertz CT molecular complexity index is 114. The van der Waals surface area contributed by atoms with Crippen LogP contribution in [0.2, 0.25) is 0 Å². The molecule has 0 spiro atoms. The molecule has 0 aromatic heterocycles. The third-order valence-electron chi connectivity index (χ3n) is 1.11. The van der Waals surface area contributed by atoms with E-state index in [1.807, 2.05) is 6.92 Å². The second-order valence-corrected chi connectivity index (χ2v) is 2.39. The predicted octanol–water partition coefficient (Wildman–Crippen LogP) is -0.683. The Balaban J connectivity index is 3.62. The van der Waals surface area contributed by atoms with Crippen LogP contribution < -0.4 is 11.2 Å². The van der Waals surface area contributed by atoms with Gasteiger partial charge in [0.05, 0.1) is 6.04 Å². The molecule has 0 aromatic rings. The highest BCUT2D eigenvalue weighted by Gasteiger charge is 2.09. The molecule has 10 heavy (non-hydrogen) atoms. The summed E-state index contributed by atoms with van der Waals surface area (Å²) in [5.41, 5.74) is 7.99. The van der Waals surface area contributed by atoms with E-state index in [4.69, 9.17) is 5.73 Å². The van der Waals surface area contributed by atoms with E-state index in [-0.39, 0.29) is 11.9 Å². The molecular weight excluding hydrogens is 130 g/mol. The first-order chi connectivity index (χ1) is 4.57. The van der Waals surface area contributed by atoms with Crippen molar-refractivity contribution in [1.29, 1.82) is 0 Å². The number of carbonyl (C=O) groups is 1. The molecule has 0 rings (SSSR count). The standard InChI is InChI=1S/C6H15N3O/c1-4-5(7)6(10)8-9(2)3/h5H,4,7H2,1-3H3,(H,8,10)/t5-/m0/s1. The molecule has 0 aliphatic heterocycles. The van der Waals surface area contributed by atoms with E-state index in [2.05, 4.69) is 5.43 Å². The first-order valence-corrected chi connectivity index (χ1v) is 3.31. The lowest BCUT2D eigenvalue weighted by Gasteiger charge is -2.14. The smallest absolute Gasteiger partial charge is 0.251 e. The Morgan fingerprint density at radius 3 is 2.50 bits per heavy atom. The monoisotopic (exact) mass is 145 g/mol. The van der Waals surface area contributed by atoms with E-state index in [0.717, 1.165) is 0 Å². The zero-order chi connectivity index (χ0) is 8.15. The summed E-state index contributed by atoms with van der Waals surface area (Å²) in [5.74, 6) is -0.132. The highest BCUT2D eigenvalue weighted by molar-refractivity contribution is 5.80. The van der Waals surface area contributed by atoms with E-state index in [0.29, 0.717) is 6.42 Å².